The number of benzene rings is 3. The molecule has 4 heteroatoms. The van der Waals surface area contributed by atoms with E-state index in [1.165, 1.54) is 6.21 Å². The third kappa shape index (κ3) is 4.25. The van der Waals surface area contributed by atoms with Crippen molar-refractivity contribution in [3.8, 4) is 0 Å². The van der Waals surface area contributed by atoms with Gasteiger partial charge >= 0.3 is 0 Å². The fourth-order valence-corrected chi connectivity index (χ4v) is 3.02. The van der Waals surface area contributed by atoms with Crippen molar-refractivity contribution in [3.05, 3.63) is 82.4 Å². The highest BCUT2D eigenvalue weighted by atomic mass is 35.5. The topological polar surface area (TPSA) is 53.0 Å². The Labute approximate surface area is 152 Å². The quantitative estimate of drug-likeness (QED) is 0.636. The molecular formula is C21H19ClN2O. The molecular weight excluding hydrogens is 332 g/mol. The van der Waals surface area contributed by atoms with Gasteiger partial charge in [-0.3, -0.25) is 4.79 Å². The normalized spacial score (nSPS) is 10.6. The molecule has 2 N–H and O–H groups in total. The first-order valence-corrected chi connectivity index (χ1v) is 8.57. The van der Waals surface area contributed by atoms with Gasteiger partial charge in [0.1, 0.15) is 0 Å². The Morgan fingerprint density at radius 3 is 2.44 bits per heavy atom. The smallest absolute Gasteiger partial charge is 0.224 e. The zero-order valence-electron chi connectivity index (χ0n) is 13.8. The van der Waals surface area contributed by atoms with E-state index in [0.717, 1.165) is 33.9 Å². The summed E-state index contributed by atoms with van der Waals surface area (Å²) in [7, 11) is 0. The van der Waals surface area contributed by atoms with Crippen molar-refractivity contribution in [2.24, 2.45) is 0 Å². The van der Waals surface area contributed by atoms with Gasteiger partial charge in [-0.25, -0.2) is 0 Å². The number of rotatable bonds is 6. The van der Waals surface area contributed by atoms with E-state index in [9.17, 15) is 4.79 Å². The summed E-state index contributed by atoms with van der Waals surface area (Å²) in [5.41, 5.74) is 2.98. The van der Waals surface area contributed by atoms with Crippen LogP contribution in [0, 0.1) is 5.41 Å². The highest BCUT2D eigenvalue weighted by Crippen LogP contribution is 2.22. The van der Waals surface area contributed by atoms with Gasteiger partial charge in [-0.1, -0.05) is 60.1 Å². The van der Waals surface area contributed by atoms with Crippen LogP contribution in [0.5, 0.6) is 0 Å². The molecule has 0 aromatic heterocycles. The van der Waals surface area contributed by atoms with Crippen LogP contribution in [0.2, 0.25) is 5.02 Å². The van der Waals surface area contributed by atoms with Crippen LogP contribution in [0.25, 0.3) is 10.8 Å². The third-order valence-corrected chi connectivity index (χ3v) is 4.46. The first kappa shape index (κ1) is 17.2. The fraction of sp³-hybridized carbons (Fsp3) is 0.143. The van der Waals surface area contributed by atoms with Gasteiger partial charge < -0.3 is 10.7 Å². The van der Waals surface area contributed by atoms with Crippen LogP contribution in [-0.4, -0.2) is 18.7 Å². The lowest BCUT2D eigenvalue weighted by Gasteiger charge is -2.10. The van der Waals surface area contributed by atoms with Crippen LogP contribution in [0.1, 0.15) is 16.7 Å². The molecule has 0 aliphatic heterocycles. The third-order valence-electron chi connectivity index (χ3n) is 4.20. The molecule has 0 bridgehead atoms. The lowest BCUT2D eigenvalue weighted by atomic mass is 9.98. The Bertz CT molecular complexity index is 903. The highest BCUT2D eigenvalue weighted by molar-refractivity contribution is 6.30. The van der Waals surface area contributed by atoms with Gasteiger partial charge in [-0.05, 0) is 46.0 Å². The van der Waals surface area contributed by atoms with Crippen molar-refractivity contribution < 1.29 is 4.79 Å². The van der Waals surface area contributed by atoms with E-state index >= 15 is 0 Å². The monoisotopic (exact) mass is 350 g/mol. The van der Waals surface area contributed by atoms with Crippen LogP contribution < -0.4 is 5.32 Å². The summed E-state index contributed by atoms with van der Waals surface area (Å²) in [4.78, 5) is 12.3. The molecule has 0 radical (unpaired) electrons. The number of hydrogen-bond donors (Lipinski definition) is 2. The van der Waals surface area contributed by atoms with Gasteiger partial charge in [-0.15, -0.1) is 0 Å². The van der Waals surface area contributed by atoms with Crippen LogP contribution in [-0.2, 0) is 17.6 Å². The molecule has 0 fully saturated rings. The number of hydrogen-bond acceptors (Lipinski definition) is 2. The van der Waals surface area contributed by atoms with E-state index in [1.807, 2.05) is 60.7 Å². The molecule has 0 saturated carbocycles. The molecule has 126 valence electrons. The van der Waals surface area contributed by atoms with E-state index < -0.39 is 0 Å². The maximum atomic E-state index is 12.3. The maximum absolute atomic E-state index is 12.3. The Balaban J connectivity index is 1.64. The fourth-order valence-electron chi connectivity index (χ4n) is 2.90. The average molecular weight is 351 g/mol. The summed E-state index contributed by atoms with van der Waals surface area (Å²) in [6, 6.07) is 19.4. The molecule has 25 heavy (non-hydrogen) atoms. The molecule has 1 amide bonds. The lowest BCUT2D eigenvalue weighted by Crippen LogP contribution is -2.27. The van der Waals surface area contributed by atoms with Crippen LogP contribution in [0.15, 0.2) is 60.7 Å². The SMILES string of the molecule is N=Cc1ccc(CC(=O)NCCc2ccc(Cl)cc2)c2ccccc12. The summed E-state index contributed by atoms with van der Waals surface area (Å²) in [5, 5.41) is 13.2. The molecule has 3 rings (SSSR count). The highest BCUT2D eigenvalue weighted by Gasteiger charge is 2.08. The largest absolute Gasteiger partial charge is 0.355 e. The van der Waals surface area contributed by atoms with Crippen molar-refractivity contribution in [1.82, 2.24) is 5.32 Å². The first-order valence-electron chi connectivity index (χ1n) is 8.19. The van der Waals surface area contributed by atoms with Gasteiger partial charge in [0.2, 0.25) is 5.91 Å². The van der Waals surface area contributed by atoms with E-state index in [2.05, 4.69) is 5.32 Å². The van der Waals surface area contributed by atoms with Gasteiger partial charge in [0.15, 0.2) is 0 Å². The number of carbonyl (C=O) groups excluding carboxylic acids is 1. The van der Waals surface area contributed by atoms with Crippen molar-refractivity contribution in [1.29, 1.82) is 5.41 Å². The Kier molecular flexibility index (Phi) is 5.46. The molecule has 3 nitrogen and oxygen atoms in total. The number of carbonyl (C=O) groups is 1. The van der Waals surface area contributed by atoms with Crippen LogP contribution in [0.3, 0.4) is 0 Å². The molecule has 0 spiro atoms. The molecule has 3 aromatic rings. The first-order chi connectivity index (χ1) is 12.2. The van der Waals surface area contributed by atoms with E-state index in [0.29, 0.717) is 18.0 Å². The summed E-state index contributed by atoms with van der Waals surface area (Å²) < 4.78 is 0. The van der Waals surface area contributed by atoms with Crippen molar-refractivity contribution >= 4 is 34.5 Å². The predicted octanol–water partition coefficient (Wildman–Crippen LogP) is 4.39. The lowest BCUT2D eigenvalue weighted by molar-refractivity contribution is -0.120. The second-order valence-corrected chi connectivity index (χ2v) is 6.34. The number of halogens is 1. The maximum Gasteiger partial charge on any atom is 0.224 e. The van der Waals surface area contributed by atoms with E-state index in [1.54, 1.807) is 0 Å². The molecule has 0 aliphatic carbocycles. The molecule has 0 unspecified atom stereocenters. The standard InChI is InChI=1S/C21H19ClN2O/c22-18-9-5-15(6-10-18)11-12-24-21(25)13-16-7-8-17(14-23)20-4-2-1-3-19(16)20/h1-10,14,23H,11-13H2,(H,24,25). The minimum Gasteiger partial charge on any atom is -0.355 e. The minimum atomic E-state index is 0.00159. The van der Waals surface area contributed by atoms with Crippen molar-refractivity contribution in [2.45, 2.75) is 12.8 Å². The second-order valence-electron chi connectivity index (χ2n) is 5.91. The van der Waals surface area contributed by atoms with Crippen LogP contribution >= 0.6 is 11.6 Å². The number of amides is 1. The van der Waals surface area contributed by atoms with E-state index in [-0.39, 0.29) is 5.91 Å². The Hall–Kier alpha value is -2.65. The molecule has 3 aromatic carbocycles. The summed E-state index contributed by atoms with van der Waals surface area (Å²) in [6.45, 7) is 0.594. The number of fused-ring (bicyclic) bond motifs is 1. The zero-order chi connectivity index (χ0) is 17.6. The molecule has 0 saturated heterocycles. The summed E-state index contributed by atoms with van der Waals surface area (Å²) >= 11 is 5.87. The zero-order valence-corrected chi connectivity index (χ0v) is 14.5. The molecule has 0 atom stereocenters. The Morgan fingerprint density at radius 1 is 1.00 bits per heavy atom. The second kappa shape index (κ2) is 7.95. The molecule has 0 heterocycles. The summed E-state index contributed by atoms with van der Waals surface area (Å²) in [6.07, 6.45) is 2.45. The average Bonchev–Trinajstić information content (AvgIpc) is 2.64. The van der Waals surface area contributed by atoms with Gasteiger partial charge in [-0.2, -0.15) is 0 Å². The summed E-state index contributed by atoms with van der Waals surface area (Å²) in [5.74, 6) is 0.00159. The predicted molar refractivity (Wildman–Crippen MR) is 104 cm³/mol. The van der Waals surface area contributed by atoms with Gasteiger partial charge in [0.05, 0.1) is 6.42 Å². The minimum absolute atomic E-state index is 0.00159. The van der Waals surface area contributed by atoms with Gasteiger partial charge in [0.25, 0.3) is 0 Å². The molecule has 0 aliphatic rings. The van der Waals surface area contributed by atoms with Crippen LogP contribution in [0.4, 0.5) is 0 Å². The number of nitrogens with one attached hydrogen (secondary N) is 2. The van der Waals surface area contributed by atoms with Crippen molar-refractivity contribution in [3.63, 3.8) is 0 Å². The van der Waals surface area contributed by atoms with E-state index in [4.69, 9.17) is 17.0 Å². The van der Waals surface area contributed by atoms with Gasteiger partial charge in [0, 0.05) is 17.8 Å². The van der Waals surface area contributed by atoms with Crippen molar-refractivity contribution in [2.75, 3.05) is 6.54 Å². The Morgan fingerprint density at radius 2 is 1.72 bits per heavy atom.